The summed E-state index contributed by atoms with van der Waals surface area (Å²) in [4.78, 5) is 0. The lowest BCUT2D eigenvalue weighted by Gasteiger charge is -2.24. The molecule has 1 aromatic heterocycles. The summed E-state index contributed by atoms with van der Waals surface area (Å²) in [5, 5.41) is 25.6. The first-order chi connectivity index (χ1) is 14.0. The van der Waals surface area contributed by atoms with Gasteiger partial charge in [-0.3, -0.25) is 10.3 Å². The molecule has 0 amide bonds. The summed E-state index contributed by atoms with van der Waals surface area (Å²) < 4.78 is 6.00. The van der Waals surface area contributed by atoms with Gasteiger partial charge in [-0.1, -0.05) is 63.9 Å². The largest absolute Gasteiger partial charge is 0.507 e. The maximum Gasteiger partial charge on any atom is 0.127 e. The lowest BCUT2D eigenvalue weighted by Crippen LogP contribution is -2.20. The number of nitrogens with zero attached hydrogens (tertiary/aromatic N) is 4. The first kappa shape index (κ1) is 20.8. The van der Waals surface area contributed by atoms with Crippen molar-refractivity contribution in [2.75, 3.05) is 6.61 Å². The number of aryl methyl sites for hydroxylation is 1. The van der Waals surface area contributed by atoms with Crippen LogP contribution in [0.3, 0.4) is 0 Å². The van der Waals surface area contributed by atoms with E-state index in [1.165, 1.54) is 0 Å². The Labute approximate surface area is 172 Å². The third kappa shape index (κ3) is 5.34. The van der Waals surface area contributed by atoms with E-state index in [1.54, 1.807) is 6.07 Å². The third-order valence-corrected chi connectivity index (χ3v) is 5.27. The predicted molar refractivity (Wildman–Crippen MR) is 113 cm³/mol. The molecule has 0 fully saturated rings. The van der Waals surface area contributed by atoms with Gasteiger partial charge in [0.25, 0.3) is 0 Å². The fourth-order valence-electron chi connectivity index (χ4n) is 3.43. The van der Waals surface area contributed by atoms with E-state index in [2.05, 4.69) is 41.4 Å². The highest BCUT2D eigenvalue weighted by Crippen LogP contribution is 2.35. The molecule has 6 heteroatoms. The van der Waals surface area contributed by atoms with Gasteiger partial charge in [0.1, 0.15) is 11.5 Å². The maximum absolute atomic E-state index is 10.5. The zero-order valence-corrected chi connectivity index (χ0v) is 17.4. The normalized spacial score (nSPS) is 11.6. The molecule has 0 bridgehead atoms. The molecule has 0 aliphatic rings. The minimum Gasteiger partial charge on any atom is -0.507 e. The van der Waals surface area contributed by atoms with E-state index in [4.69, 9.17) is 4.74 Å². The van der Waals surface area contributed by atoms with Crippen molar-refractivity contribution in [1.82, 2.24) is 20.6 Å². The molecular formula is C23H29N4O2-. The summed E-state index contributed by atoms with van der Waals surface area (Å²) in [5.41, 5.74) is 2.85. The number of hydrogen-bond acceptors (Lipinski definition) is 5. The number of aromatic hydroxyl groups is 1. The van der Waals surface area contributed by atoms with Gasteiger partial charge in [-0.15, -0.1) is 0 Å². The average molecular weight is 394 g/mol. The number of aromatic nitrogens is 4. The standard InChI is InChI=1S/C23H29N4O2/c1-4-17-15-19(18-11-7-5-8-12-18)20(28)16-21(17)29-14-10-6-9-13-23(2,3)22-24-26-27-25-22/h5,7-8,11-12,15-16H,4,6,9-10,13-14H2,1-3H3,(H-,24,25,26,27,28)/q-1. The fourth-order valence-corrected chi connectivity index (χ4v) is 3.43. The van der Waals surface area contributed by atoms with Gasteiger partial charge in [0.15, 0.2) is 0 Å². The van der Waals surface area contributed by atoms with E-state index in [0.717, 1.165) is 54.5 Å². The van der Waals surface area contributed by atoms with Crippen molar-refractivity contribution >= 4 is 0 Å². The molecular weight excluding hydrogens is 364 g/mol. The summed E-state index contributed by atoms with van der Waals surface area (Å²) >= 11 is 0. The summed E-state index contributed by atoms with van der Waals surface area (Å²) in [6, 6.07) is 13.7. The zero-order chi connectivity index (χ0) is 20.7. The van der Waals surface area contributed by atoms with E-state index < -0.39 is 0 Å². The molecule has 0 saturated heterocycles. The van der Waals surface area contributed by atoms with Crippen molar-refractivity contribution in [2.24, 2.45) is 0 Å². The minimum atomic E-state index is -0.112. The Morgan fingerprint density at radius 1 is 1.07 bits per heavy atom. The number of hydrogen-bond donors (Lipinski definition) is 1. The highest BCUT2D eigenvalue weighted by atomic mass is 16.5. The number of phenolic OH excluding ortho intramolecular Hbond substituents is 1. The molecule has 6 nitrogen and oxygen atoms in total. The number of tetrazole rings is 1. The number of benzene rings is 2. The van der Waals surface area contributed by atoms with Gasteiger partial charge in [-0.25, -0.2) is 0 Å². The summed E-state index contributed by atoms with van der Waals surface area (Å²) in [6.07, 6.45) is 4.90. The monoisotopic (exact) mass is 393 g/mol. The van der Waals surface area contributed by atoms with Gasteiger partial charge in [0.05, 0.1) is 6.61 Å². The smallest absolute Gasteiger partial charge is 0.127 e. The topological polar surface area (TPSA) is 82.2 Å². The van der Waals surface area contributed by atoms with Crippen LogP contribution in [0.4, 0.5) is 0 Å². The van der Waals surface area contributed by atoms with E-state index in [-0.39, 0.29) is 11.2 Å². The minimum absolute atomic E-state index is 0.112. The van der Waals surface area contributed by atoms with Crippen molar-refractivity contribution in [1.29, 1.82) is 0 Å². The zero-order valence-electron chi connectivity index (χ0n) is 17.4. The molecule has 1 heterocycles. The Kier molecular flexibility index (Phi) is 6.86. The first-order valence-corrected chi connectivity index (χ1v) is 10.2. The molecule has 1 N–H and O–H groups in total. The van der Waals surface area contributed by atoms with E-state index in [9.17, 15) is 5.11 Å². The molecule has 154 valence electrons. The molecule has 0 aliphatic heterocycles. The molecule has 29 heavy (non-hydrogen) atoms. The summed E-state index contributed by atoms with van der Waals surface area (Å²) in [6.45, 7) is 6.97. The Morgan fingerprint density at radius 2 is 1.86 bits per heavy atom. The summed E-state index contributed by atoms with van der Waals surface area (Å²) in [7, 11) is 0. The molecule has 0 atom stereocenters. The van der Waals surface area contributed by atoms with Crippen LogP contribution in [-0.2, 0) is 11.8 Å². The van der Waals surface area contributed by atoms with Crippen LogP contribution in [0.1, 0.15) is 57.8 Å². The van der Waals surface area contributed by atoms with Crippen molar-refractivity contribution in [2.45, 2.75) is 58.3 Å². The predicted octanol–water partition coefficient (Wildman–Crippen LogP) is 4.68. The van der Waals surface area contributed by atoms with E-state index in [1.807, 2.05) is 36.4 Å². The Morgan fingerprint density at radius 3 is 2.55 bits per heavy atom. The third-order valence-electron chi connectivity index (χ3n) is 5.27. The van der Waals surface area contributed by atoms with Gasteiger partial charge >= 0.3 is 0 Å². The second-order valence-corrected chi connectivity index (χ2v) is 7.94. The lowest BCUT2D eigenvalue weighted by molar-refractivity contribution is 0.296. The number of unbranched alkanes of at least 4 members (excludes halogenated alkanes) is 2. The lowest BCUT2D eigenvalue weighted by atomic mass is 9.86. The molecule has 0 aliphatic carbocycles. The second-order valence-electron chi connectivity index (χ2n) is 7.94. The van der Waals surface area contributed by atoms with Crippen LogP contribution in [0.25, 0.3) is 11.1 Å². The maximum atomic E-state index is 10.5. The average Bonchev–Trinajstić information content (AvgIpc) is 3.27. The SMILES string of the molecule is CCc1cc(-c2ccccc2)c(O)cc1OCCCCCC(C)(C)c1nnn[n-]1. The fraction of sp³-hybridized carbons (Fsp3) is 0.435. The van der Waals surface area contributed by atoms with Crippen LogP contribution in [-0.4, -0.2) is 27.2 Å². The molecule has 0 radical (unpaired) electrons. The summed E-state index contributed by atoms with van der Waals surface area (Å²) in [5.74, 6) is 1.73. The molecule has 2 aromatic carbocycles. The van der Waals surface area contributed by atoms with Gasteiger partial charge in [-0.2, -0.15) is 5.21 Å². The Bertz CT molecular complexity index is 893. The van der Waals surface area contributed by atoms with Gasteiger partial charge in [0.2, 0.25) is 0 Å². The van der Waals surface area contributed by atoms with E-state index in [0.29, 0.717) is 12.4 Å². The van der Waals surface area contributed by atoms with Crippen LogP contribution in [0.5, 0.6) is 11.5 Å². The molecule has 0 saturated carbocycles. The molecule has 0 unspecified atom stereocenters. The Hall–Kier alpha value is -2.89. The van der Waals surface area contributed by atoms with E-state index >= 15 is 0 Å². The molecule has 3 rings (SSSR count). The van der Waals surface area contributed by atoms with Crippen LogP contribution >= 0.6 is 0 Å². The van der Waals surface area contributed by atoms with Crippen molar-refractivity contribution < 1.29 is 9.84 Å². The quantitative estimate of drug-likeness (QED) is 0.504. The van der Waals surface area contributed by atoms with Crippen LogP contribution in [0.15, 0.2) is 42.5 Å². The van der Waals surface area contributed by atoms with Crippen LogP contribution in [0, 0.1) is 0 Å². The van der Waals surface area contributed by atoms with Crippen molar-refractivity contribution in [3.05, 3.63) is 53.9 Å². The van der Waals surface area contributed by atoms with Gasteiger partial charge in [0, 0.05) is 17.5 Å². The van der Waals surface area contributed by atoms with Crippen molar-refractivity contribution in [3.8, 4) is 22.6 Å². The first-order valence-electron chi connectivity index (χ1n) is 10.2. The van der Waals surface area contributed by atoms with Gasteiger partial charge in [-0.05, 0) is 41.9 Å². The second kappa shape index (κ2) is 9.54. The van der Waals surface area contributed by atoms with Crippen LogP contribution in [0.2, 0.25) is 0 Å². The molecule has 0 spiro atoms. The van der Waals surface area contributed by atoms with Crippen molar-refractivity contribution in [3.63, 3.8) is 0 Å². The highest BCUT2D eigenvalue weighted by molar-refractivity contribution is 5.72. The molecule has 3 aromatic rings. The Balaban J connectivity index is 1.51. The number of rotatable bonds is 10. The number of ether oxygens (including phenoxy) is 1. The van der Waals surface area contributed by atoms with Gasteiger partial charge < -0.3 is 14.9 Å². The number of phenols is 1. The highest BCUT2D eigenvalue weighted by Gasteiger charge is 2.19. The van der Waals surface area contributed by atoms with Crippen LogP contribution < -0.4 is 9.84 Å².